The van der Waals surface area contributed by atoms with Crippen molar-refractivity contribution in [3.63, 3.8) is 0 Å². The molecular weight excluding hydrogens is 290 g/mol. The molecule has 0 unspecified atom stereocenters. The molecule has 0 heterocycles. The number of aryl methyl sites for hydroxylation is 1. The average Bonchev–Trinajstić information content (AvgIpc) is 2.47. The Morgan fingerprint density at radius 1 is 1.09 bits per heavy atom. The molecule has 22 heavy (non-hydrogen) atoms. The highest BCUT2D eigenvalue weighted by molar-refractivity contribution is 5.99. The molecule has 0 atom stereocenters. The minimum absolute atomic E-state index is 0.315. The van der Waals surface area contributed by atoms with Gasteiger partial charge < -0.3 is 10.6 Å². The normalized spacial score (nSPS) is 10.1. The van der Waals surface area contributed by atoms with E-state index in [9.17, 15) is 18.4 Å². The molecule has 0 radical (unpaired) electrons. The molecule has 4 nitrogen and oxygen atoms in total. The van der Waals surface area contributed by atoms with Crippen LogP contribution in [0.1, 0.15) is 15.9 Å². The van der Waals surface area contributed by atoms with Gasteiger partial charge in [0.05, 0.1) is 12.1 Å². The van der Waals surface area contributed by atoms with Crippen LogP contribution in [0.2, 0.25) is 0 Å². The SMILES string of the molecule is Cc1ccccc1NC(=O)CNC(=O)c1ccc(F)cc1F. The van der Waals surface area contributed by atoms with Crippen molar-refractivity contribution in [2.75, 3.05) is 11.9 Å². The lowest BCUT2D eigenvalue weighted by Crippen LogP contribution is -2.33. The number of amides is 2. The Balaban J connectivity index is 1.93. The van der Waals surface area contributed by atoms with Gasteiger partial charge in [-0.25, -0.2) is 8.78 Å². The van der Waals surface area contributed by atoms with Crippen molar-refractivity contribution < 1.29 is 18.4 Å². The summed E-state index contributed by atoms with van der Waals surface area (Å²) in [6.45, 7) is 1.52. The van der Waals surface area contributed by atoms with Crippen LogP contribution < -0.4 is 10.6 Å². The van der Waals surface area contributed by atoms with E-state index in [1.807, 2.05) is 19.1 Å². The van der Waals surface area contributed by atoms with Crippen LogP contribution in [0.3, 0.4) is 0 Å². The fourth-order valence-electron chi connectivity index (χ4n) is 1.84. The van der Waals surface area contributed by atoms with E-state index < -0.39 is 23.4 Å². The predicted molar refractivity (Wildman–Crippen MR) is 78.5 cm³/mol. The Morgan fingerprint density at radius 3 is 2.50 bits per heavy atom. The minimum Gasteiger partial charge on any atom is -0.343 e. The molecule has 114 valence electrons. The van der Waals surface area contributed by atoms with Crippen LogP contribution in [0.15, 0.2) is 42.5 Å². The fraction of sp³-hybridized carbons (Fsp3) is 0.125. The average molecular weight is 304 g/mol. The van der Waals surface area contributed by atoms with Crippen molar-refractivity contribution in [2.24, 2.45) is 0 Å². The van der Waals surface area contributed by atoms with E-state index in [4.69, 9.17) is 0 Å². The fourth-order valence-corrected chi connectivity index (χ4v) is 1.84. The molecule has 0 aliphatic heterocycles. The summed E-state index contributed by atoms with van der Waals surface area (Å²) in [6.07, 6.45) is 0. The number of halogens is 2. The van der Waals surface area contributed by atoms with Gasteiger partial charge in [-0.15, -0.1) is 0 Å². The first-order valence-corrected chi connectivity index (χ1v) is 6.56. The van der Waals surface area contributed by atoms with Gasteiger partial charge in [0.1, 0.15) is 11.6 Å². The first kappa shape index (κ1) is 15.6. The first-order chi connectivity index (χ1) is 10.5. The largest absolute Gasteiger partial charge is 0.343 e. The van der Waals surface area contributed by atoms with E-state index in [2.05, 4.69) is 10.6 Å². The molecular formula is C16H14F2N2O2. The summed E-state index contributed by atoms with van der Waals surface area (Å²) in [4.78, 5) is 23.5. The van der Waals surface area contributed by atoms with Gasteiger partial charge in [0, 0.05) is 11.8 Å². The maximum atomic E-state index is 13.4. The lowest BCUT2D eigenvalue weighted by molar-refractivity contribution is -0.115. The van der Waals surface area contributed by atoms with Gasteiger partial charge in [-0.2, -0.15) is 0 Å². The molecule has 0 saturated carbocycles. The zero-order chi connectivity index (χ0) is 16.1. The second-order valence-electron chi connectivity index (χ2n) is 4.67. The standard InChI is InChI=1S/C16H14F2N2O2/c1-10-4-2-3-5-14(10)20-15(21)9-19-16(22)12-7-6-11(17)8-13(12)18/h2-8H,9H2,1H3,(H,19,22)(H,20,21). The number of hydrogen-bond donors (Lipinski definition) is 2. The number of rotatable bonds is 4. The monoisotopic (exact) mass is 304 g/mol. The maximum absolute atomic E-state index is 13.4. The van der Waals surface area contributed by atoms with Crippen molar-refractivity contribution >= 4 is 17.5 Å². The van der Waals surface area contributed by atoms with E-state index in [0.29, 0.717) is 11.8 Å². The molecule has 2 rings (SSSR count). The Kier molecular flexibility index (Phi) is 4.83. The summed E-state index contributed by atoms with van der Waals surface area (Å²) >= 11 is 0. The molecule has 0 aliphatic carbocycles. The minimum atomic E-state index is -0.975. The van der Waals surface area contributed by atoms with Crippen LogP contribution >= 0.6 is 0 Å². The quantitative estimate of drug-likeness (QED) is 0.912. The van der Waals surface area contributed by atoms with Crippen molar-refractivity contribution in [1.82, 2.24) is 5.32 Å². The second-order valence-corrected chi connectivity index (χ2v) is 4.67. The van der Waals surface area contributed by atoms with Gasteiger partial charge in [0.2, 0.25) is 5.91 Å². The second kappa shape index (κ2) is 6.80. The summed E-state index contributed by atoms with van der Waals surface area (Å²) in [7, 11) is 0. The molecule has 0 aromatic heterocycles. The third kappa shape index (κ3) is 3.88. The number of carbonyl (C=O) groups excluding carboxylic acids is 2. The highest BCUT2D eigenvalue weighted by Gasteiger charge is 2.13. The van der Waals surface area contributed by atoms with E-state index in [1.54, 1.807) is 12.1 Å². The Hall–Kier alpha value is -2.76. The van der Waals surface area contributed by atoms with Crippen LogP contribution in [-0.4, -0.2) is 18.4 Å². The van der Waals surface area contributed by atoms with Crippen LogP contribution in [0.25, 0.3) is 0 Å². The third-order valence-corrected chi connectivity index (χ3v) is 3.00. The number of benzene rings is 2. The smallest absolute Gasteiger partial charge is 0.254 e. The highest BCUT2D eigenvalue weighted by atomic mass is 19.1. The third-order valence-electron chi connectivity index (χ3n) is 3.00. The molecule has 0 fully saturated rings. The van der Waals surface area contributed by atoms with Crippen molar-refractivity contribution in [3.05, 3.63) is 65.2 Å². The van der Waals surface area contributed by atoms with Crippen molar-refractivity contribution in [2.45, 2.75) is 6.92 Å². The van der Waals surface area contributed by atoms with Crippen LogP contribution in [0, 0.1) is 18.6 Å². The molecule has 0 saturated heterocycles. The number of anilines is 1. The van der Waals surface area contributed by atoms with E-state index in [0.717, 1.165) is 17.7 Å². The molecule has 0 bridgehead atoms. The zero-order valence-electron chi connectivity index (χ0n) is 11.8. The Morgan fingerprint density at radius 2 is 1.82 bits per heavy atom. The Bertz CT molecular complexity index is 717. The number of nitrogens with one attached hydrogen (secondary N) is 2. The summed E-state index contributed by atoms with van der Waals surface area (Å²) in [6, 6.07) is 9.79. The van der Waals surface area contributed by atoms with Crippen molar-refractivity contribution in [3.8, 4) is 0 Å². The molecule has 2 aromatic carbocycles. The summed E-state index contributed by atoms with van der Waals surface area (Å²) in [5.74, 6) is -2.97. The van der Waals surface area contributed by atoms with Crippen LogP contribution in [-0.2, 0) is 4.79 Å². The van der Waals surface area contributed by atoms with Gasteiger partial charge in [-0.1, -0.05) is 18.2 Å². The lowest BCUT2D eigenvalue weighted by atomic mass is 10.2. The molecule has 0 aliphatic rings. The van der Waals surface area contributed by atoms with Gasteiger partial charge in [-0.3, -0.25) is 9.59 Å². The molecule has 2 aromatic rings. The molecule has 2 N–H and O–H groups in total. The topological polar surface area (TPSA) is 58.2 Å². The van der Waals surface area contributed by atoms with E-state index >= 15 is 0 Å². The number of hydrogen-bond acceptors (Lipinski definition) is 2. The number of carbonyl (C=O) groups is 2. The molecule has 0 spiro atoms. The maximum Gasteiger partial charge on any atom is 0.254 e. The van der Waals surface area contributed by atoms with Crippen LogP contribution in [0.4, 0.5) is 14.5 Å². The Labute approximate surface area is 126 Å². The van der Waals surface area contributed by atoms with Gasteiger partial charge in [-0.05, 0) is 30.7 Å². The van der Waals surface area contributed by atoms with Gasteiger partial charge in [0.25, 0.3) is 5.91 Å². The van der Waals surface area contributed by atoms with Gasteiger partial charge >= 0.3 is 0 Å². The van der Waals surface area contributed by atoms with E-state index in [1.165, 1.54) is 0 Å². The molecule has 6 heteroatoms. The predicted octanol–water partition coefficient (Wildman–Crippen LogP) is 2.64. The molecule has 2 amide bonds. The van der Waals surface area contributed by atoms with Gasteiger partial charge in [0.15, 0.2) is 0 Å². The van der Waals surface area contributed by atoms with E-state index in [-0.39, 0.29) is 12.1 Å². The summed E-state index contributed by atoms with van der Waals surface area (Å²) < 4.78 is 26.2. The number of para-hydroxylation sites is 1. The van der Waals surface area contributed by atoms with Crippen molar-refractivity contribution in [1.29, 1.82) is 0 Å². The summed E-state index contributed by atoms with van der Waals surface area (Å²) in [5, 5.41) is 4.92. The highest BCUT2D eigenvalue weighted by Crippen LogP contribution is 2.13. The first-order valence-electron chi connectivity index (χ1n) is 6.56. The van der Waals surface area contributed by atoms with Crippen LogP contribution in [0.5, 0.6) is 0 Å². The lowest BCUT2D eigenvalue weighted by Gasteiger charge is -2.09. The summed E-state index contributed by atoms with van der Waals surface area (Å²) in [5.41, 5.74) is 1.20. The zero-order valence-corrected chi connectivity index (χ0v) is 11.8.